The van der Waals surface area contributed by atoms with Gasteiger partial charge in [0.1, 0.15) is 0 Å². The molecule has 0 bridgehead atoms. The lowest BCUT2D eigenvalue weighted by Crippen LogP contribution is -2.15. The summed E-state index contributed by atoms with van der Waals surface area (Å²) in [6.07, 6.45) is 0. The van der Waals surface area contributed by atoms with E-state index in [1.807, 2.05) is 6.07 Å². The van der Waals surface area contributed by atoms with Crippen LogP contribution < -0.4 is 0 Å². The Morgan fingerprint density at radius 2 is 1.50 bits per heavy atom. The smallest absolute Gasteiger partial charge is 0.0126 e. The quantitative estimate of drug-likeness (QED) is 0.577. The van der Waals surface area contributed by atoms with Crippen LogP contribution in [0.4, 0.5) is 0 Å². The van der Waals surface area contributed by atoms with Crippen molar-refractivity contribution in [3.8, 4) is 0 Å². The molecule has 0 saturated heterocycles. The van der Waals surface area contributed by atoms with Gasteiger partial charge in [-0.2, -0.15) is 0 Å². The molecular formula is C14H21. The number of hydrogen-bond acceptors (Lipinski definition) is 0. The Kier molecular flexibility index (Phi) is 2.76. The molecule has 0 heteroatoms. The first-order valence-electron chi connectivity index (χ1n) is 5.24. The minimum Gasteiger partial charge on any atom is -0.0579 e. The van der Waals surface area contributed by atoms with Crippen molar-refractivity contribution < 1.29 is 0 Å². The molecule has 1 rings (SSSR count). The molecule has 0 N–H and O–H groups in total. The zero-order chi connectivity index (χ0) is 11.0. The Hall–Kier alpha value is -0.780. The molecule has 0 saturated carbocycles. The maximum atomic E-state index is 3.32. The van der Waals surface area contributed by atoms with Crippen LogP contribution in [0.2, 0.25) is 0 Å². The third-order valence-corrected chi connectivity index (χ3v) is 2.48. The summed E-state index contributed by atoms with van der Waals surface area (Å²) in [5, 5.41) is 0. The molecule has 1 radical (unpaired) electrons. The summed E-state index contributed by atoms with van der Waals surface area (Å²) in [7, 11) is 0. The molecule has 0 unspecified atom stereocenters. The van der Waals surface area contributed by atoms with E-state index in [1.165, 1.54) is 11.1 Å². The first-order chi connectivity index (χ1) is 6.21. The van der Waals surface area contributed by atoms with Crippen LogP contribution in [0.1, 0.15) is 52.7 Å². The average Bonchev–Trinajstić information content (AvgIpc) is 2.01. The lowest BCUT2D eigenvalue weighted by Gasteiger charge is -2.24. The Labute approximate surface area is 88.4 Å². The standard InChI is InChI=1S/C14H21/c1-13(2,3)11-8-7-9-12(10-11)14(4,5)6/h7-8,10H,1-6H3. The zero-order valence-electron chi connectivity index (χ0n) is 10.2. The summed E-state index contributed by atoms with van der Waals surface area (Å²) in [5.41, 5.74) is 3.11. The molecule has 0 aromatic heterocycles. The van der Waals surface area contributed by atoms with Gasteiger partial charge in [0.05, 0.1) is 0 Å². The van der Waals surface area contributed by atoms with Gasteiger partial charge in [-0.1, -0.05) is 59.7 Å². The van der Waals surface area contributed by atoms with E-state index < -0.39 is 0 Å². The van der Waals surface area contributed by atoms with Crippen LogP contribution in [0.25, 0.3) is 0 Å². The average molecular weight is 189 g/mol. The fourth-order valence-electron chi connectivity index (χ4n) is 1.37. The molecule has 0 aliphatic carbocycles. The van der Waals surface area contributed by atoms with Crippen LogP contribution in [0.5, 0.6) is 0 Å². The molecule has 0 nitrogen and oxygen atoms in total. The van der Waals surface area contributed by atoms with Gasteiger partial charge in [0, 0.05) is 0 Å². The normalized spacial score (nSPS) is 13.0. The summed E-state index contributed by atoms with van der Waals surface area (Å²) in [4.78, 5) is 0. The predicted octanol–water partition coefficient (Wildman–Crippen LogP) is 4.08. The molecule has 0 atom stereocenters. The Balaban J connectivity index is 3.15. The van der Waals surface area contributed by atoms with Crippen molar-refractivity contribution in [3.05, 3.63) is 35.4 Å². The molecule has 14 heavy (non-hydrogen) atoms. The lowest BCUT2D eigenvalue weighted by molar-refractivity contribution is 0.568. The first kappa shape index (κ1) is 11.3. The summed E-state index contributed by atoms with van der Waals surface area (Å²) in [5.74, 6) is 0. The highest BCUT2D eigenvalue weighted by Gasteiger charge is 2.18. The van der Waals surface area contributed by atoms with Gasteiger partial charge < -0.3 is 0 Å². The molecule has 0 fully saturated rings. The van der Waals surface area contributed by atoms with Crippen LogP contribution in [0.3, 0.4) is 0 Å². The zero-order valence-corrected chi connectivity index (χ0v) is 10.2. The maximum Gasteiger partial charge on any atom is -0.0126 e. The minimum atomic E-state index is 0.196. The highest BCUT2D eigenvalue weighted by Crippen LogP contribution is 2.27. The summed E-state index contributed by atoms with van der Waals surface area (Å²) in [6, 6.07) is 9.80. The maximum absolute atomic E-state index is 3.32. The monoisotopic (exact) mass is 189 g/mol. The first-order valence-corrected chi connectivity index (χ1v) is 5.24. The van der Waals surface area contributed by atoms with Crippen molar-refractivity contribution in [2.75, 3.05) is 0 Å². The van der Waals surface area contributed by atoms with Crippen LogP contribution in [-0.4, -0.2) is 0 Å². The number of rotatable bonds is 0. The van der Waals surface area contributed by atoms with E-state index in [-0.39, 0.29) is 10.8 Å². The predicted molar refractivity (Wildman–Crippen MR) is 62.7 cm³/mol. The van der Waals surface area contributed by atoms with E-state index in [9.17, 15) is 0 Å². The van der Waals surface area contributed by atoms with E-state index in [4.69, 9.17) is 0 Å². The SMILES string of the molecule is CC(C)(C)c1[c]ccc(C(C)(C)C)c1. The van der Waals surface area contributed by atoms with Crippen molar-refractivity contribution in [3.63, 3.8) is 0 Å². The lowest BCUT2D eigenvalue weighted by atomic mass is 9.81. The van der Waals surface area contributed by atoms with Crippen molar-refractivity contribution >= 4 is 0 Å². The molecule has 1 aromatic carbocycles. The Morgan fingerprint density at radius 1 is 0.929 bits per heavy atom. The van der Waals surface area contributed by atoms with E-state index in [1.54, 1.807) is 0 Å². The Morgan fingerprint density at radius 3 is 1.93 bits per heavy atom. The Bertz CT molecular complexity index is 278. The number of hydrogen-bond donors (Lipinski definition) is 0. The summed E-state index contributed by atoms with van der Waals surface area (Å²) < 4.78 is 0. The van der Waals surface area contributed by atoms with Gasteiger partial charge in [0.15, 0.2) is 0 Å². The van der Waals surface area contributed by atoms with Gasteiger partial charge in [-0.3, -0.25) is 0 Å². The highest BCUT2D eigenvalue weighted by molar-refractivity contribution is 5.31. The molecule has 0 amide bonds. The van der Waals surface area contributed by atoms with Gasteiger partial charge in [-0.25, -0.2) is 0 Å². The van der Waals surface area contributed by atoms with Crippen molar-refractivity contribution in [2.24, 2.45) is 0 Å². The van der Waals surface area contributed by atoms with Gasteiger partial charge in [0.25, 0.3) is 0 Å². The van der Waals surface area contributed by atoms with Gasteiger partial charge in [-0.05, 0) is 28.0 Å². The number of benzene rings is 1. The molecule has 0 spiro atoms. The molecule has 0 heterocycles. The summed E-state index contributed by atoms with van der Waals surface area (Å²) in [6.45, 7) is 13.4. The fraction of sp³-hybridized carbons (Fsp3) is 0.571. The van der Waals surface area contributed by atoms with Gasteiger partial charge in [0.2, 0.25) is 0 Å². The summed E-state index contributed by atoms with van der Waals surface area (Å²) >= 11 is 0. The molecule has 77 valence electrons. The van der Waals surface area contributed by atoms with Crippen molar-refractivity contribution in [2.45, 2.75) is 52.4 Å². The minimum absolute atomic E-state index is 0.196. The molecular weight excluding hydrogens is 168 g/mol. The molecule has 0 aliphatic heterocycles. The third-order valence-electron chi connectivity index (χ3n) is 2.48. The van der Waals surface area contributed by atoms with E-state index in [2.05, 4.69) is 59.7 Å². The third kappa shape index (κ3) is 2.60. The molecule has 0 aliphatic rings. The fourth-order valence-corrected chi connectivity index (χ4v) is 1.37. The largest absolute Gasteiger partial charge is 0.0579 e. The molecule has 1 aromatic rings. The van der Waals surface area contributed by atoms with E-state index in [0.717, 1.165) is 0 Å². The van der Waals surface area contributed by atoms with Crippen LogP contribution in [0, 0.1) is 6.07 Å². The van der Waals surface area contributed by atoms with Crippen molar-refractivity contribution in [1.82, 2.24) is 0 Å². The van der Waals surface area contributed by atoms with Gasteiger partial charge in [-0.15, -0.1) is 0 Å². The van der Waals surface area contributed by atoms with E-state index >= 15 is 0 Å². The topological polar surface area (TPSA) is 0 Å². The second kappa shape index (κ2) is 3.42. The van der Waals surface area contributed by atoms with Gasteiger partial charge >= 0.3 is 0 Å². The second-order valence-corrected chi connectivity index (χ2v) is 5.99. The van der Waals surface area contributed by atoms with Crippen LogP contribution >= 0.6 is 0 Å². The second-order valence-electron chi connectivity index (χ2n) is 5.99. The van der Waals surface area contributed by atoms with E-state index in [0.29, 0.717) is 0 Å². The van der Waals surface area contributed by atoms with Crippen LogP contribution in [-0.2, 0) is 10.8 Å². The van der Waals surface area contributed by atoms with Crippen molar-refractivity contribution in [1.29, 1.82) is 0 Å². The highest BCUT2D eigenvalue weighted by atomic mass is 14.2. The van der Waals surface area contributed by atoms with Crippen LogP contribution in [0.15, 0.2) is 18.2 Å².